The van der Waals surface area contributed by atoms with Gasteiger partial charge in [-0.05, 0) is 44.4 Å². The van der Waals surface area contributed by atoms with Crippen LogP contribution in [0.1, 0.15) is 37.8 Å². The normalized spacial score (nSPS) is 24.7. The zero-order valence-electron chi connectivity index (χ0n) is 20.0. The van der Waals surface area contributed by atoms with E-state index in [1.807, 2.05) is 19.9 Å². The van der Waals surface area contributed by atoms with Crippen LogP contribution in [0.2, 0.25) is 0 Å². The van der Waals surface area contributed by atoms with Crippen LogP contribution >= 0.6 is 0 Å². The number of carbonyl (C=O) groups excluding carboxylic acids is 1. The van der Waals surface area contributed by atoms with E-state index in [9.17, 15) is 18.0 Å². The Morgan fingerprint density at radius 3 is 2.34 bits per heavy atom. The number of benzene rings is 1. The van der Waals surface area contributed by atoms with E-state index in [1.54, 1.807) is 9.80 Å². The molecule has 1 amide bonds. The Morgan fingerprint density at radius 1 is 1.06 bits per heavy atom. The molecule has 3 fully saturated rings. The van der Waals surface area contributed by atoms with Gasteiger partial charge >= 0.3 is 12.3 Å². The highest BCUT2D eigenvalue weighted by atomic mass is 19.4. The van der Waals surface area contributed by atoms with Crippen LogP contribution < -0.4 is 4.90 Å². The summed E-state index contributed by atoms with van der Waals surface area (Å²) in [6.45, 7) is 7.20. The number of alkyl halides is 3. The summed E-state index contributed by atoms with van der Waals surface area (Å²) < 4.78 is 46.2. The molecule has 3 aliphatic rings. The second kappa shape index (κ2) is 9.00. The molecule has 1 saturated carbocycles. The third kappa shape index (κ3) is 4.83. The number of pyridine rings is 1. The highest BCUT2D eigenvalue weighted by Gasteiger charge is 2.54. The van der Waals surface area contributed by atoms with E-state index < -0.39 is 11.7 Å². The maximum Gasteiger partial charge on any atom is 0.419 e. The predicted molar refractivity (Wildman–Crippen MR) is 126 cm³/mol. The van der Waals surface area contributed by atoms with Crippen LogP contribution in [0.25, 0.3) is 0 Å². The molecule has 0 unspecified atom stereocenters. The number of likely N-dealkylation sites (tertiary alicyclic amines) is 1. The Hall–Kier alpha value is -2.81. The van der Waals surface area contributed by atoms with Crippen molar-refractivity contribution in [3.63, 3.8) is 0 Å². The molecule has 2 aromatic rings. The average molecular weight is 489 g/mol. The summed E-state index contributed by atoms with van der Waals surface area (Å²) in [5.74, 6) is -0.0855. The van der Waals surface area contributed by atoms with Gasteiger partial charge in [0, 0.05) is 44.3 Å². The van der Waals surface area contributed by atoms with Gasteiger partial charge in [0.05, 0.1) is 17.6 Å². The summed E-state index contributed by atoms with van der Waals surface area (Å²) in [6, 6.07) is 12.1. The molecule has 0 N–H and O–H groups in total. The minimum Gasteiger partial charge on any atom is -0.446 e. The Morgan fingerprint density at radius 2 is 1.71 bits per heavy atom. The van der Waals surface area contributed by atoms with E-state index in [0.717, 1.165) is 38.5 Å². The first-order chi connectivity index (χ1) is 16.6. The molecule has 2 aliphatic heterocycles. The van der Waals surface area contributed by atoms with Gasteiger partial charge in [-0.25, -0.2) is 9.78 Å². The van der Waals surface area contributed by atoms with Gasteiger partial charge in [0.1, 0.15) is 11.9 Å². The van der Waals surface area contributed by atoms with Crippen molar-refractivity contribution in [1.82, 2.24) is 14.8 Å². The van der Waals surface area contributed by atoms with E-state index in [-0.39, 0.29) is 48.6 Å². The largest absolute Gasteiger partial charge is 0.446 e. The fourth-order valence-corrected chi connectivity index (χ4v) is 6.03. The number of anilines is 1. The molecule has 0 radical (unpaired) electrons. The number of halogens is 3. The minimum absolute atomic E-state index is 0.0855. The smallest absolute Gasteiger partial charge is 0.419 e. The van der Waals surface area contributed by atoms with Crippen molar-refractivity contribution in [2.24, 2.45) is 5.41 Å². The summed E-state index contributed by atoms with van der Waals surface area (Å²) in [5, 5.41) is 0. The van der Waals surface area contributed by atoms with E-state index >= 15 is 0 Å². The lowest BCUT2D eigenvalue weighted by atomic mass is 9.61. The van der Waals surface area contributed by atoms with Gasteiger partial charge in [0.25, 0.3) is 0 Å². The van der Waals surface area contributed by atoms with E-state index in [4.69, 9.17) is 4.74 Å². The number of aromatic nitrogens is 1. The molecule has 1 aliphatic carbocycles. The number of ether oxygens (including phenoxy) is 1. The molecule has 9 heteroatoms. The zero-order chi connectivity index (χ0) is 24.8. The summed E-state index contributed by atoms with van der Waals surface area (Å²) in [6.07, 6.45) is -1.84. The lowest BCUT2D eigenvalue weighted by Gasteiger charge is -2.58. The van der Waals surface area contributed by atoms with Gasteiger partial charge in [-0.3, -0.25) is 9.80 Å². The van der Waals surface area contributed by atoms with Crippen molar-refractivity contribution < 1.29 is 22.7 Å². The standard InChI is InChI=1S/C26H31F3N4O2/c1-18-13-32(23-22(26(27,28)29)9-6-10-30-23)14-19(2)33(18)24(34)35-21-11-25(12-21)16-31(17-25)15-20-7-4-3-5-8-20/h3-10,18-19,21H,11-17H2,1-2H3/t18-,19+. The number of amides is 1. The number of piperazine rings is 1. The van der Waals surface area contributed by atoms with Crippen molar-refractivity contribution in [3.8, 4) is 0 Å². The predicted octanol–water partition coefficient (Wildman–Crippen LogP) is 4.80. The third-order valence-corrected chi connectivity index (χ3v) is 7.48. The molecule has 6 nitrogen and oxygen atoms in total. The fourth-order valence-electron chi connectivity index (χ4n) is 6.03. The summed E-state index contributed by atoms with van der Waals surface area (Å²) in [7, 11) is 0. The molecular formula is C26H31F3N4O2. The van der Waals surface area contributed by atoms with E-state index in [0.29, 0.717) is 0 Å². The highest BCUT2D eigenvalue weighted by molar-refractivity contribution is 5.69. The van der Waals surface area contributed by atoms with Crippen molar-refractivity contribution in [3.05, 3.63) is 59.8 Å². The Kier molecular flexibility index (Phi) is 6.15. The quantitative estimate of drug-likeness (QED) is 0.619. The first-order valence-electron chi connectivity index (χ1n) is 12.2. The molecule has 188 valence electrons. The molecular weight excluding hydrogens is 457 g/mol. The minimum atomic E-state index is -4.48. The topological polar surface area (TPSA) is 48.9 Å². The molecule has 5 rings (SSSR count). The average Bonchev–Trinajstić information content (AvgIpc) is 2.76. The van der Waals surface area contributed by atoms with Gasteiger partial charge in [-0.15, -0.1) is 0 Å². The Bertz CT molecular complexity index is 1040. The second-order valence-electron chi connectivity index (χ2n) is 10.4. The van der Waals surface area contributed by atoms with Crippen LogP contribution in [-0.4, -0.2) is 65.2 Å². The molecule has 0 bridgehead atoms. The van der Waals surface area contributed by atoms with Crippen molar-refractivity contribution in [2.75, 3.05) is 31.1 Å². The zero-order valence-corrected chi connectivity index (χ0v) is 20.0. The van der Waals surface area contributed by atoms with Crippen LogP contribution in [-0.2, 0) is 17.5 Å². The lowest BCUT2D eigenvalue weighted by Crippen LogP contribution is -2.65. The van der Waals surface area contributed by atoms with E-state index in [1.165, 1.54) is 17.8 Å². The summed E-state index contributed by atoms with van der Waals surface area (Å²) >= 11 is 0. The van der Waals surface area contributed by atoms with Gasteiger partial charge in [-0.2, -0.15) is 13.2 Å². The SMILES string of the molecule is C[C@@H]1CN(c2ncccc2C(F)(F)F)C[C@H](C)N1C(=O)OC1CC2(C1)CN(Cc1ccccc1)C2. The fraction of sp³-hybridized carbons (Fsp3) is 0.538. The first-order valence-corrected chi connectivity index (χ1v) is 12.2. The van der Waals surface area contributed by atoms with Crippen LogP contribution in [0.3, 0.4) is 0 Å². The lowest BCUT2D eigenvalue weighted by molar-refractivity contribution is -0.138. The van der Waals surface area contributed by atoms with Crippen molar-refractivity contribution >= 4 is 11.9 Å². The number of nitrogens with zero attached hydrogens (tertiary/aromatic N) is 4. The number of carbonyl (C=O) groups is 1. The van der Waals surface area contributed by atoms with Crippen molar-refractivity contribution in [2.45, 2.75) is 57.6 Å². The van der Waals surface area contributed by atoms with Crippen LogP contribution in [0.4, 0.5) is 23.8 Å². The molecule has 2 saturated heterocycles. The van der Waals surface area contributed by atoms with Gasteiger partial charge in [0.2, 0.25) is 0 Å². The third-order valence-electron chi connectivity index (χ3n) is 7.48. The van der Waals surface area contributed by atoms with Crippen molar-refractivity contribution in [1.29, 1.82) is 0 Å². The molecule has 2 atom stereocenters. The monoisotopic (exact) mass is 488 g/mol. The molecule has 35 heavy (non-hydrogen) atoms. The van der Waals surface area contributed by atoms with E-state index in [2.05, 4.69) is 34.1 Å². The number of hydrogen-bond acceptors (Lipinski definition) is 5. The van der Waals surface area contributed by atoms with Crippen LogP contribution in [0, 0.1) is 5.41 Å². The molecule has 1 aromatic heterocycles. The van der Waals surface area contributed by atoms with Gasteiger partial charge in [-0.1, -0.05) is 30.3 Å². The first kappa shape index (κ1) is 23.9. The molecule has 1 aromatic carbocycles. The van der Waals surface area contributed by atoms with Crippen LogP contribution in [0.5, 0.6) is 0 Å². The molecule has 3 heterocycles. The second-order valence-corrected chi connectivity index (χ2v) is 10.4. The highest BCUT2D eigenvalue weighted by Crippen LogP contribution is 2.50. The summed E-state index contributed by atoms with van der Waals surface area (Å²) in [5.41, 5.74) is 0.805. The maximum absolute atomic E-state index is 13.5. The Balaban J connectivity index is 1.13. The number of hydrogen-bond donors (Lipinski definition) is 0. The molecule has 1 spiro atoms. The number of rotatable bonds is 4. The van der Waals surface area contributed by atoms with Crippen LogP contribution in [0.15, 0.2) is 48.7 Å². The Labute approximate surface area is 203 Å². The van der Waals surface area contributed by atoms with Gasteiger partial charge in [0.15, 0.2) is 0 Å². The summed E-state index contributed by atoms with van der Waals surface area (Å²) in [4.78, 5) is 22.7. The maximum atomic E-state index is 13.5. The van der Waals surface area contributed by atoms with Gasteiger partial charge < -0.3 is 9.64 Å².